The highest BCUT2D eigenvalue weighted by Crippen LogP contribution is 2.33. The van der Waals surface area contributed by atoms with Gasteiger partial charge in [0, 0.05) is 12.5 Å². The number of aliphatic hydroxyl groups is 1. The molecule has 4 heteroatoms. The first-order valence-corrected chi connectivity index (χ1v) is 5.53. The molecule has 0 radical (unpaired) electrons. The van der Waals surface area contributed by atoms with Crippen molar-refractivity contribution in [1.82, 2.24) is 4.98 Å². The summed E-state index contributed by atoms with van der Waals surface area (Å²) in [5.74, 6) is -0.362. The van der Waals surface area contributed by atoms with Crippen molar-refractivity contribution in [1.29, 1.82) is 0 Å². The normalized spacial score (nSPS) is 25.1. The highest BCUT2D eigenvalue weighted by molar-refractivity contribution is 5.14. The lowest BCUT2D eigenvalue weighted by Crippen LogP contribution is -2.38. The third kappa shape index (κ3) is 2.23. The molecule has 2 unspecified atom stereocenters. The van der Waals surface area contributed by atoms with E-state index < -0.39 is 5.60 Å². The fourth-order valence-electron chi connectivity index (χ4n) is 2.07. The third-order valence-corrected chi connectivity index (χ3v) is 3.20. The maximum Gasteiger partial charge on any atom is 0.141 e. The number of hydrogen-bond donors (Lipinski definition) is 1. The second kappa shape index (κ2) is 4.47. The van der Waals surface area contributed by atoms with E-state index in [1.54, 1.807) is 6.92 Å². The van der Waals surface area contributed by atoms with Gasteiger partial charge in [-0.05, 0) is 31.9 Å². The maximum atomic E-state index is 12.7. The quantitative estimate of drug-likeness (QED) is 0.835. The number of hydrogen-bond acceptors (Lipinski definition) is 3. The van der Waals surface area contributed by atoms with Crippen LogP contribution in [0.2, 0.25) is 0 Å². The van der Waals surface area contributed by atoms with Crippen molar-refractivity contribution in [3.05, 3.63) is 29.8 Å². The summed E-state index contributed by atoms with van der Waals surface area (Å²) in [6, 6.07) is 2.85. The van der Waals surface area contributed by atoms with Crippen molar-refractivity contribution in [2.24, 2.45) is 5.92 Å². The van der Waals surface area contributed by atoms with Crippen LogP contribution in [0.15, 0.2) is 18.3 Å². The van der Waals surface area contributed by atoms with Crippen LogP contribution in [0, 0.1) is 11.7 Å². The monoisotopic (exact) mass is 225 g/mol. The lowest BCUT2D eigenvalue weighted by molar-refractivity contribution is -0.0748. The molecule has 2 heterocycles. The first kappa shape index (κ1) is 11.5. The molecule has 1 saturated heterocycles. The zero-order valence-corrected chi connectivity index (χ0v) is 9.32. The van der Waals surface area contributed by atoms with Crippen LogP contribution in [-0.2, 0) is 10.3 Å². The molecule has 1 N–H and O–H groups in total. The molecule has 0 spiro atoms. The van der Waals surface area contributed by atoms with Crippen molar-refractivity contribution < 1.29 is 14.2 Å². The van der Waals surface area contributed by atoms with E-state index in [9.17, 15) is 9.50 Å². The third-order valence-electron chi connectivity index (χ3n) is 3.20. The van der Waals surface area contributed by atoms with Crippen LogP contribution < -0.4 is 0 Å². The molecule has 1 aromatic heterocycles. The van der Waals surface area contributed by atoms with Gasteiger partial charge in [-0.15, -0.1) is 0 Å². The molecule has 2 rings (SSSR count). The summed E-state index contributed by atoms with van der Waals surface area (Å²) in [4.78, 5) is 3.94. The largest absolute Gasteiger partial charge is 0.383 e. The topological polar surface area (TPSA) is 42.4 Å². The fourth-order valence-corrected chi connectivity index (χ4v) is 2.07. The highest BCUT2D eigenvalue weighted by Gasteiger charge is 2.36. The molecule has 0 amide bonds. The van der Waals surface area contributed by atoms with E-state index in [1.165, 1.54) is 12.1 Å². The Kier molecular flexibility index (Phi) is 3.21. The average Bonchev–Trinajstić information content (AvgIpc) is 2.31. The van der Waals surface area contributed by atoms with Gasteiger partial charge in [-0.3, -0.25) is 4.98 Å². The van der Waals surface area contributed by atoms with Gasteiger partial charge in [-0.2, -0.15) is 0 Å². The number of ether oxygens (including phenoxy) is 1. The summed E-state index contributed by atoms with van der Waals surface area (Å²) in [5.41, 5.74) is -0.543. The predicted molar refractivity (Wildman–Crippen MR) is 57.3 cm³/mol. The molecular weight excluding hydrogens is 209 g/mol. The van der Waals surface area contributed by atoms with Crippen LogP contribution in [-0.4, -0.2) is 23.3 Å². The Morgan fingerprint density at radius 2 is 2.38 bits per heavy atom. The van der Waals surface area contributed by atoms with Crippen LogP contribution in [0.1, 0.15) is 25.5 Å². The molecule has 0 aliphatic carbocycles. The standard InChI is InChI=1S/C12H16FNO2/c1-12(15,9-3-2-6-16-8-9)11-5-4-10(13)7-14-11/h4-5,7,9,15H,2-3,6,8H2,1H3. The van der Waals surface area contributed by atoms with Crippen LogP contribution >= 0.6 is 0 Å². The van der Waals surface area contributed by atoms with Crippen LogP contribution in [0.25, 0.3) is 0 Å². The summed E-state index contributed by atoms with van der Waals surface area (Å²) in [6.45, 7) is 3.00. The smallest absolute Gasteiger partial charge is 0.141 e. The summed E-state index contributed by atoms with van der Waals surface area (Å²) < 4.78 is 18.1. The van der Waals surface area contributed by atoms with E-state index in [4.69, 9.17) is 4.74 Å². The van der Waals surface area contributed by atoms with Gasteiger partial charge >= 0.3 is 0 Å². The first-order chi connectivity index (χ1) is 7.60. The van der Waals surface area contributed by atoms with Crippen molar-refractivity contribution in [3.8, 4) is 0 Å². The summed E-state index contributed by atoms with van der Waals surface area (Å²) in [6.07, 6.45) is 2.99. The summed E-state index contributed by atoms with van der Waals surface area (Å²) in [5, 5.41) is 10.4. The number of rotatable bonds is 2. The van der Waals surface area contributed by atoms with Crippen LogP contribution in [0.5, 0.6) is 0 Å². The lowest BCUT2D eigenvalue weighted by atomic mass is 9.82. The first-order valence-electron chi connectivity index (χ1n) is 5.53. The maximum absolute atomic E-state index is 12.7. The molecular formula is C12H16FNO2. The zero-order valence-electron chi connectivity index (χ0n) is 9.32. The molecule has 2 atom stereocenters. The van der Waals surface area contributed by atoms with Gasteiger partial charge < -0.3 is 9.84 Å². The van der Waals surface area contributed by atoms with Crippen LogP contribution in [0.3, 0.4) is 0 Å². The second-order valence-corrected chi connectivity index (χ2v) is 4.42. The Labute approximate surface area is 94.3 Å². The van der Waals surface area contributed by atoms with Gasteiger partial charge in [0.2, 0.25) is 0 Å². The molecule has 3 nitrogen and oxygen atoms in total. The lowest BCUT2D eigenvalue weighted by Gasteiger charge is -2.34. The number of nitrogens with zero attached hydrogens (tertiary/aromatic N) is 1. The number of pyridine rings is 1. The van der Waals surface area contributed by atoms with E-state index >= 15 is 0 Å². The van der Waals surface area contributed by atoms with Crippen molar-refractivity contribution >= 4 is 0 Å². The minimum Gasteiger partial charge on any atom is -0.383 e. The number of aromatic nitrogens is 1. The summed E-state index contributed by atoms with van der Waals surface area (Å²) >= 11 is 0. The van der Waals surface area contributed by atoms with E-state index in [1.807, 2.05) is 0 Å². The minimum atomic E-state index is -1.05. The Morgan fingerprint density at radius 3 is 2.94 bits per heavy atom. The Balaban J connectivity index is 2.19. The Hall–Kier alpha value is -1.00. The molecule has 1 fully saturated rings. The molecule has 1 aliphatic rings. The molecule has 0 saturated carbocycles. The van der Waals surface area contributed by atoms with Crippen molar-refractivity contribution in [3.63, 3.8) is 0 Å². The molecule has 0 aromatic carbocycles. The van der Waals surface area contributed by atoms with Gasteiger partial charge in [-0.25, -0.2) is 4.39 Å². The Morgan fingerprint density at radius 1 is 1.56 bits per heavy atom. The second-order valence-electron chi connectivity index (χ2n) is 4.42. The van der Waals surface area contributed by atoms with Gasteiger partial charge in [0.1, 0.15) is 11.4 Å². The minimum absolute atomic E-state index is 0.0270. The van der Waals surface area contributed by atoms with Crippen molar-refractivity contribution in [2.45, 2.75) is 25.4 Å². The van der Waals surface area contributed by atoms with Gasteiger partial charge in [-0.1, -0.05) is 0 Å². The molecule has 1 aromatic rings. The van der Waals surface area contributed by atoms with Crippen LogP contribution in [0.4, 0.5) is 4.39 Å². The van der Waals surface area contributed by atoms with Gasteiger partial charge in [0.05, 0.1) is 18.5 Å². The fraction of sp³-hybridized carbons (Fsp3) is 0.583. The molecule has 1 aliphatic heterocycles. The van der Waals surface area contributed by atoms with E-state index in [-0.39, 0.29) is 11.7 Å². The Bertz CT molecular complexity index is 345. The summed E-state index contributed by atoms with van der Waals surface area (Å²) in [7, 11) is 0. The molecule has 88 valence electrons. The van der Waals surface area contributed by atoms with Gasteiger partial charge in [0.25, 0.3) is 0 Å². The average molecular weight is 225 g/mol. The van der Waals surface area contributed by atoms with Gasteiger partial charge in [0.15, 0.2) is 0 Å². The number of halogens is 1. The van der Waals surface area contributed by atoms with E-state index in [2.05, 4.69) is 4.98 Å². The zero-order chi connectivity index (χ0) is 11.6. The molecule has 16 heavy (non-hydrogen) atoms. The van der Waals surface area contributed by atoms with Crippen molar-refractivity contribution in [2.75, 3.05) is 13.2 Å². The highest BCUT2D eigenvalue weighted by atomic mass is 19.1. The van der Waals surface area contributed by atoms with E-state index in [0.29, 0.717) is 12.3 Å². The SMILES string of the molecule is CC(O)(c1ccc(F)cn1)C1CCCOC1. The van der Waals surface area contributed by atoms with E-state index in [0.717, 1.165) is 25.6 Å². The molecule has 0 bridgehead atoms. The predicted octanol–water partition coefficient (Wildman–Crippen LogP) is 1.85.